The summed E-state index contributed by atoms with van der Waals surface area (Å²) in [6, 6.07) is 5.60. The van der Waals surface area contributed by atoms with Gasteiger partial charge in [-0.1, -0.05) is 16.8 Å². The standard InChI is InChI=1S/C12H11ClFNO4S/c1-20(16,17)18-5-4-9-7-12(19-15-9)10-6-8(13)2-3-11(10)14/h2-3,6-7H,4-5H2,1H3. The fraction of sp³-hybridized carbons (Fsp3) is 0.250. The van der Waals surface area contributed by atoms with Crippen molar-refractivity contribution in [1.29, 1.82) is 0 Å². The summed E-state index contributed by atoms with van der Waals surface area (Å²) in [7, 11) is -3.49. The maximum Gasteiger partial charge on any atom is 0.264 e. The third kappa shape index (κ3) is 4.03. The third-order valence-electron chi connectivity index (χ3n) is 2.41. The van der Waals surface area contributed by atoms with Crippen molar-refractivity contribution in [3.63, 3.8) is 0 Å². The van der Waals surface area contributed by atoms with Crippen LogP contribution in [0.5, 0.6) is 0 Å². The molecule has 0 spiro atoms. The highest BCUT2D eigenvalue weighted by molar-refractivity contribution is 7.85. The van der Waals surface area contributed by atoms with Crippen molar-refractivity contribution in [3.05, 3.63) is 40.8 Å². The molecule has 0 bridgehead atoms. The molecule has 0 N–H and O–H groups in total. The number of aromatic nitrogens is 1. The van der Waals surface area contributed by atoms with Gasteiger partial charge in [-0.2, -0.15) is 8.42 Å². The van der Waals surface area contributed by atoms with Gasteiger partial charge in [-0.25, -0.2) is 4.39 Å². The van der Waals surface area contributed by atoms with E-state index in [0.717, 1.165) is 6.26 Å². The average Bonchev–Trinajstić information content (AvgIpc) is 2.79. The molecule has 0 aliphatic rings. The van der Waals surface area contributed by atoms with Crippen LogP contribution in [0.15, 0.2) is 28.8 Å². The summed E-state index contributed by atoms with van der Waals surface area (Å²) in [6.45, 7) is -0.0527. The number of hydrogen-bond acceptors (Lipinski definition) is 5. The lowest BCUT2D eigenvalue weighted by Gasteiger charge is -1.98. The van der Waals surface area contributed by atoms with Crippen LogP contribution in [0, 0.1) is 5.82 Å². The molecule has 1 aromatic heterocycles. The van der Waals surface area contributed by atoms with E-state index in [1.807, 2.05) is 0 Å². The van der Waals surface area contributed by atoms with Crippen LogP contribution in [0.4, 0.5) is 4.39 Å². The van der Waals surface area contributed by atoms with E-state index >= 15 is 0 Å². The Morgan fingerprint density at radius 1 is 1.40 bits per heavy atom. The Morgan fingerprint density at radius 3 is 2.85 bits per heavy atom. The topological polar surface area (TPSA) is 69.4 Å². The predicted octanol–water partition coefficient (Wildman–Crippen LogP) is 2.65. The fourth-order valence-corrected chi connectivity index (χ4v) is 2.10. The average molecular weight is 320 g/mol. The molecule has 2 rings (SSSR count). The first-order chi connectivity index (χ1) is 9.35. The van der Waals surface area contributed by atoms with Crippen LogP contribution in [-0.2, 0) is 20.7 Å². The van der Waals surface area contributed by atoms with Gasteiger partial charge < -0.3 is 4.52 Å². The fourth-order valence-electron chi connectivity index (χ4n) is 1.54. The molecule has 0 radical (unpaired) electrons. The highest BCUT2D eigenvalue weighted by atomic mass is 35.5. The van der Waals surface area contributed by atoms with Crippen molar-refractivity contribution >= 4 is 21.7 Å². The first kappa shape index (κ1) is 15.0. The van der Waals surface area contributed by atoms with Gasteiger partial charge in [0, 0.05) is 17.5 Å². The minimum absolute atomic E-state index is 0.0527. The summed E-state index contributed by atoms with van der Waals surface area (Å²) in [5.41, 5.74) is 0.656. The summed E-state index contributed by atoms with van der Waals surface area (Å²) in [6.07, 6.45) is 1.20. The second-order valence-electron chi connectivity index (χ2n) is 4.08. The summed E-state index contributed by atoms with van der Waals surface area (Å²) in [4.78, 5) is 0. The van der Waals surface area contributed by atoms with Crippen LogP contribution in [0.25, 0.3) is 11.3 Å². The molecule has 1 aromatic carbocycles. The molecule has 0 aliphatic carbocycles. The maximum atomic E-state index is 13.6. The molecule has 8 heteroatoms. The number of benzene rings is 1. The number of nitrogens with zero attached hydrogens (tertiary/aromatic N) is 1. The van der Waals surface area contributed by atoms with E-state index in [4.69, 9.17) is 16.1 Å². The second-order valence-corrected chi connectivity index (χ2v) is 6.16. The number of halogens is 2. The van der Waals surface area contributed by atoms with Crippen molar-refractivity contribution in [3.8, 4) is 11.3 Å². The van der Waals surface area contributed by atoms with Gasteiger partial charge >= 0.3 is 0 Å². The zero-order valence-electron chi connectivity index (χ0n) is 10.5. The molecule has 0 atom stereocenters. The Bertz CT molecular complexity index is 714. The van der Waals surface area contributed by atoms with Crippen LogP contribution in [0.1, 0.15) is 5.69 Å². The first-order valence-electron chi connectivity index (χ1n) is 5.60. The molecular weight excluding hydrogens is 309 g/mol. The molecule has 2 aromatic rings. The Hall–Kier alpha value is -1.44. The summed E-state index contributed by atoms with van der Waals surface area (Å²) in [5.74, 6) is -0.260. The van der Waals surface area contributed by atoms with Crippen LogP contribution in [0.2, 0.25) is 5.02 Å². The Balaban J connectivity index is 2.11. The SMILES string of the molecule is CS(=O)(=O)OCCc1cc(-c2cc(Cl)ccc2F)on1. The molecule has 5 nitrogen and oxygen atoms in total. The van der Waals surface area contributed by atoms with Gasteiger partial charge in [-0.3, -0.25) is 4.18 Å². The molecule has 0 unspecified atom stereocenters. The lowest BCUT2D eigenvalue weighted by molar-refractivity contribution is 0.320. The highest BCUT2D eigenvalue weighted by Crippen LogP contribution is 2.26. The smallest absolute Gasteiger partial charge is 0.264 e. The Kier molecular flexibility index (Phi) is 4.42. The van der Waals surface area contributed by atoms with Crippen LogP contribution in [0.3, 0.4) is 0 Å². The lowest BCUT2D eigenvalue weighted by Crippen LogP contribution is -2.06. The van der Waals surface area contributed by atoms with E-state index in [2.05, 4.69) is 9.34 Å². The first-order valence-corrected chi connectivity index (χ1v) is 7.80. The summed E-state index contributed by atoms with van der Waals surface area (Å²) in [5, 5.41) is 4.10. The second kappa shape index (κ2) is 5.90. The van der Waals surface area contributed by atoms with E-state index in [1.165, 1.54) is 24.3 Å². The van der Waals surface area contributed by atoms with Crippen molar-refractivity contribution in [1.82, 2.24) is 5.16 Å². The van der Waals surface area contributed by atoms with Gasteiger partial charge in [-0.05, 0) is 18.2 Å². The van der Waals surface area contributed by atoms with Gasteiger partial charge in [0.15, 0.2) is 5.76 Å². The lowest BCUT2D eigenvalue weighted by atomic mass is 10.1. The predicted molar refractivity (Wildman–Crippen MR) is 71.4 cm³/mol. The molecule has 0 aliphatic heterocycles. The Labute approximate surface area is 120 Å². The monoisotopic (exact) mass is 319 g/mol. The quantitative estimate of drug-likeness (QED) is 0.792. The van der Waals surface area contributed by atoms with E-state index in [1.54, 1.807) is 0 Å². The van der Waals surface area contributed by atoms with Crippen molar-refractivity contribution in [2.24, 2.45) is 0 Å². The van der Waals surface area contributed by atoms with Gasteiger partial charge in [0.25, 0.3) is 10.1 Å². The molecular formula is C12H11ClFNO4S. The Morgan fingerprint density at radius 2 is 2.15 bits per heavy atom. The molecule has 20 heavy (non-hydrogen) atoms. The van der Waals surface area contributed by atoms with E-state index < -0.39 is 15.9 Å². The molecule has 0 fully saturated rings. The molecule has 1 heterocycles. The number of hydrogen-bond donors (Lipinski definition) is 0. The molecule has 108 valence electrons. The van der Waals surface area contributed by atoms with Gasteiger partial charge in [-0.15, -0.1) is 0 Å². The molecule has 0 saturated heterocycles. The minimum Gasteiger partial charge on any atom is -0.356 e. The normalized spacial score (nSPS) is 11.8. The number of rotatable bonds is 5. The summed E-state index contributed by atoms with van der Waals surface area (Å²) < 4.78 is 44.8. The van der Waals surface area contributed by atoms with Gasteiger partial charge in [0.05, 0.1) is 24.1 Å². The maximum absolute atomic E-state index is 13.6. The zero-order chi connectivity index (χ0) is 14.8. The van der Waals surface area contributed by atoms with Crippen LogP contribution < -0.4 is 0 Å². The van der Waals surface area contributed by atoms with E-state index in [9.17, 15) is 12.8 Å². The molecule has 0 amide bonds. The van der Waals surface area contributed by atoms with Gasteiger partial charge in [0.1, 0.15) is 5.82 Å². The van der Waals surface area contributed by atoms with Crippen molar-refractivity contribution < 1.29 is 21.5 Å². The summed E-state index contributed by atoms with van der Waals surface area (Å²) >= 11 is 5.79. The van der Waals surface area contributed by atoms with Crippen LogP contribution >= 0.6 is 11.6 Å². The van der Waals surface area contributed by atoms with Gasteiger partial charge in [0.2, 0.25) is 0 Å². The minimum atomic E-state index is -3.49. The van der Waals surface area contributed by atoms with Crippen molar-refractivity contribution in [2.75, 3.05) is 12.9 Å². The third-order valence-corrected chi connectivity index (χ3v) is 3.24. The van der Waals surface area contributed by atoms with Crippen molar-refractivity contribution in [2.45, 2.75) is 6.42 Å². The van der Waals surface area contributed by atoms with E-state index in [0.29, 0.717) is 10.7 Å². The highest BCUT2D eigenvalue weighted by Gasteiger charge is 2.12. The van der Waals surface area contributed by atoms with E-state index in [-0.39, 0.29) is 24.4 Å². The zero-order valence-corrected chi connectivity index (χ0v) is 12.0. The van der Waals surface area contributed by atoms with Crippen LogP contribution in [-0.4, -0.2) is 26.4 Å². The molecule has 0 saturated carbocycles. The largest absolute Gasteiger partial charge is 0.356 e.